The van der Waals surface area contributed by atoms with Gasteiger partial charge in [-0.15, -0.1) is 0 Å². The van der Waals surface area contributed by atoms with Crippen molar-refractivity contribution in [2.24, 2.45) is 0 Å². The molecule has 4 rings (SSSR count). The summed E-state index contributed by atoms with van der Waals surface area (Å²) in [5.41, 5.74) is 2.83. The molecule has 194 valence electrons. The second kappa shape index (κ2) is 13.7. The molecule has 0 aliphatic heterocycles. The summed E-state index contributed by atoms with van der Waals surface area (Å²) in [5, 5.41) is 3.04. The van der Waals surface area contributed by atoms with Gasteiger partial charge < -0.3 is 19.7 Å². The number of methoxy groups -OCH3 is 1. The van der Waals surface area contributed by atoms with Crippen LogP contribution < -0.4 is 14.8 Å². The van der Waals surface area contributed by atoms with E-state index in [1.807, 2.05) is 103 Å². The molecule has 0 heterocycles. The third-order valence-electron chi connectivity index (χ3n) is 6.20. The van der Waals surface area contributed by atoms with Crippen molar-refractivity contribution in [1.29, 1.82) is 0 Å². The molecule has 0 fully saturated rings. The highest BCUT2D eigenvalue weighted by Gasteiger charge is 2.30. The van der Waals surface area contributed by atoms with E-state index < -0.39 is 6.04 Å². The van der Waals surface area contributed by atoms with E-state index in [-0.39, 0.29) is 25.0 Å². The summed E-state index contributed by atoms with van der Waals surface area (Å²) in [6.07, 6.45) is 0.370. The van der Waals surface area contributed by atoms with Crippen molar-refractivity contribution in [3.05, 3.63) is 132 Å². The van der Waals surface area contributed by atoms with Crippen LogP contribution in [-0.2, 0) is 29.1 Å². The molecule has 0 aliphatic carbocycles. The fourth-order valence-corrected chi connectivity index (χ4v) is 4.13. The second-order valence-corrected chi connectivity index (χ2v) is 8.88. The molecule has 0 spiro atoms. The SMILES string of the molecule is COc1ccc(CN(C(=O)COc2ccccc2)[C@@H](Cc2ccccc2)C(=O)NCc2ccccc2)cc1. The van der Waals surface area contributed by atoms with Crippen molar-refractivity contribution in [1.82, 2.24) is 10.2 Å². The van der Waals surface area contributed by atoms with Crippen LogP contribution in [0.3, 0.4) is 0 Å². The lowest BCUT2D eigenvalue weighted by Gasteiger charge is -2.31. The molecule has 0 radical (unpaired) electrons. The van der Waals surface area contributed by atoms with E-state index in [2.05, 4.69) is 5.32 Å². The van der Waals surface area contributed by atoms with Gasteiger partial charge in [0.25, 0.3) is 5.91 Å². The Kier molecular flexibility index (Phi) is 9.51. The van der Waals surface area contributed by atoms with Crippen LogP contribution in [0.4, 0.5) is 0 Å². The highest BCUT2D eigenvalue weighted by atomic mass is 16.5. The number of nitrogens with one attached hydrogen (secondary N) is 1. The van der Waals surface area contributed by atoms with Crippen molar-refractivity contribution in [2.45, 2.75) is 25.6 Å². The van der Waals surface area contributed by atoms with E-state index >= 15 is 0 Å². The molecule has 0 saturated carbocycles. The van der Waals surface area contributed by atoms with Gasteiger partial charge in [0.2, 0.25) is 5.91 Å². The van der Waals surface area contributed by atoms with Crippen LogP contribution in [0, 0.1) is 0 Å². The Labute approximate surface area is 223 Å². The van der Waals surface area contributed by atoms with Crippen molar-refractivity contribution >= 4 is 11.8 Å². The van der Waals surface area contributed by atoms with Gasteiger partial charge in [0.1, 0.15) is 17.5 Å². The number of hydrogen-bond acceptors (Lipinski definition) is 4. The molecule has 0 bridgehead atoms. The van der Waals surface area contributed by atoms with Gasteiger partial charge in [-0.2, -0.15) is 0 Å². The number of hydrogen-bond donors (Lipinski definition) is 1. The molecule has 2 amide bonds. The van der Waals surface area contributed by atoms with E-state index in [0.29, 0.717) is 18.7 Å². The van der Waals surface area contributed by atoms with Crippen molar-refractivity contribution < 1.29 is 19.1 Å². The van der Waals surface area contributed by atoms with Gasteiger partial charge in [-0.05, 0) is 41.0 Å². The lowest BCUT2D eigenvalue weighted by molar-refractivity contribution is -0.142. The van der Waals surface area contributed by atoms with Crippen LogP contribution in [0.25, 0.3) is 0 Å². The van der Waals surface area contributed by atoms with Gasteiger partial charge in [-0.25, -0.2) is 0 Å². The Morgan fingerprint density at radius 2 is 1.29 bits per heavy atom. The van der Waals surface area contributed by atoms with Crippen LogP contribution in [0.15, 0.2) is 115 Å². The molecular formula is C32H32N2O4. The Morgan fingerprint density at radius 1 is 0.711 bits per heavy atom. The number of ether oxygens (including phenoxy) is 2. The number of nitrogens with zero attached hydrogens (tertiary/aromatic N) is 1. The first-order valence-electron chi connectivity index (χ1n) is 12.6. The van der Waals surface area contributed by atoms with Gasteiger partial charge in [0.15, 0.2) is 6.61 Å². The zero-order valence-corrected chi connectivity index (χ0v) is 21.5. The van der Waals surface area contributed by atoms with Gasteiger partial charge in [0, 0.05) is 19.5 Å². The largest absolute Gasteiger partial charge is 0.497 e. The van der Waals surface area contributed by atoms with Crippen LogP contribution in [0.5, 0.6) is 11.5 Å². The van der Waals surface area contributed by atoms with Crippen LogP contribution in [0.1, 0.15) is 16.7 Å². The van der Waals surface area contributed by atoms with Gasteiger partial charge in [-0.1, -0.05) is 91.0 Å². The average molecular weight is 509 g/mol. The minimum atomic E-state index is -0.741. The van der Waals surface area contributed by atoms with Crippen LogP contribution >= 0.6 is 0 Å². The average Bonchev–Trinajstić information content (AvgIpc) is 2.98. The molecule has 38 heavy (non-hydrogen) atoms. The topological polar surface area (TPSA) is 67.9 Å². The number of para-hydroxylation sites is 1. The summed E-state index contributed by atoms with van der Waals surface area (Å²) < 4.78 is 11.1. The Bertz CT molecular complexity index is 1280. The van der Waals surface area contributed by atoms with Crippen molar-refractivity contribution in [3.8, 4) is 11.5 Å². The Balaban J connectivity index is 1.60. The lowest BCUT2D eigenvalue weighted by Crippen LogP contribution is -2.51. The lowest BCUT2D eigenvalue weighted by atomic mass is 10.0. The molecule has 4 aromatic carbocycles. The highest BCUT2D eigenvalue weighted by molar-refractivity contribution is 5.88. The number of carbonyl (C=O) groups excluding carboxylic acids is 2. The zero-order valence-electron chi connectivity index (χ0n) is 21.5. The fraction of sp³-hybridized carbons (Fsp3) is 0.188. The zero-order chi connectivity index (χ0) is 26.6. The number of amides is 2. The quantitative estimate of drug-likeness (QED) is 0.292. The number of benzene rings is 4. The monoisotopic (exact) mass is 508 g/mol. The smallest absolute Gasteiger partial charge is 0.261 e. The van der Waals surface area contributed by atoms with Gasteiger partial charge in [-0.3, -0.25) is 9.59 Å². The number of carbonyl (C=O) groups is 2. The summed E-state index contributed by atoms with van der Waals surface area (Å²) in [7, 11) is 1.61. The predicted octanol–water partition coefficient (Wildman–Crippen LogP) is 5.03. The Hall–Kier alpha value is -4.58. The highest BCUT2D eigenvalue weighted by Crippen LogP contribution is 2.18. The molecule has 6 heteroatoms. The van der Waals surface area contributed by atoms with Crippen molar-refractivity contribution in [3.63, 3.8) is 0 Å². The fourth-order valence-electron chi connectivity index (χ4n) is 4.13. The maximum absolute atomic E-state index is 13.7. The van der Waals surface area contributed by atoms with Crippen molar-refractivity contribution in [2.75, 3.05) is 13.7 Å². The van der Waals surface area contributed by atoms with E-state index in [1.165, 1.54) is 0 Å². The summed E-state index contributed by atoms with van der Waals surface area (Å²) in [4.78, 5) is 28.9. The summed E-state index contributed by atoms with van der Waals surface area (Å²) in [5.74, 6) is 0.818. The molecular weight excluding hydrogens is 476 g/mol. The summed E-state index contributed by atoms with van der Waals surface area (Å²) >= 11 is 0. The van der Waals surface area contributed by atoms with E-state index in [9.17, 15) is 9.59 Å². The summed E-state index contributed by atoms with van der Waals surface area (Å²) in [6.45, 7) is 0.435. The molecule has 0 unspecified atom stereocenters. The van der Waals surface area contributed by atoms with E-state index in [0.717, 1.165) is 22.4 Å². The van der Waals surface area contributed by atoms with Gasteiger partial charge >= 0.3 is 0 Å². The molecule has 0 saturated heterocycles. The molecule has 1 N–H and O–H groups in total. The first-order chi connectivity index (χ1) is 18.6. The van der Waals surface area contributed by atoms with Crippen LogP contribution in [-0.4, -0.2) is 36.5 Å². The normalized spacial score (nSPS) is 11.3. The first kappa shape index (κ1) is 26.5. The third kappa shape index (κ3) is 7.71. The first-order valence-corrected chi connectivity index (χ1v) is 12.6. The number of rotatable bonds is 12. The van der Waals surface area contributed by atoms with E-state index in [4.69, 9.17) is 9.47 Å². The maximum atomic E-state index is 13.7. The Morgan fingerprint density at radius 3 is 1.89 bits per heavy atom. The minimum absolute atomic E-state index is 0.183. The molecule has 0 aromatic heterocycles. The maximum Gasteiger partial charge on any atom is 0.261 e. The second-order valence-electron chi connectivity index (χ2n) is 8.88. The third-order valence-corrected chi connectivity index (χ3v) is 6.20. The molecule has 4 aromatic rings. The molecule has 1 atom stereocenters. The van der Waals surface area contributed by atoms with Gasteiger partial charge in [0.05, 0.1) is 7.11 Å². The van der Waals surface area contributed by atoms with E-state index in [1.54, 1.807) is 24.1 Å². The summed E-state index contributed by atoms with van der Waals surface area (Å²) in [6, 6.07) is 35.4. The minimum Gasteiger partial charge on any atom is -0.497 e. The molecule has 0 aliphatic rings. The standard InChI is InChI=1S/C32H32N2O4/c1-37-28-19-17-27(18-20-28)23-34(31(35)24-38-29-15-9-4-10-16-29)30(21-25-11-5-2-6-12-25)32(36)33-22-26-13-7-3-8-14-26/h2-20,30H,21-24H2,1H3,(H,33,36)/t30-/m0/s1. The predicted molar refractivity (Wildman–Crippen MR) is 148 cm³/mol. The van der Waals surface area contributed by atoms with Crippen LogP contribution in [0.2, 0.25) is 0 Å². The molecule has 6 nitrogen and oxygen atoms in total.